The lowest BCUT2D eigenvalue weighted by atomic mass is 10.0. The molecular weight excluding hydrogens is 655 g/mol. The van der Waals surface area contributed by atoms with Gasteiger partial charge in [-0.1, -0.05) is 18.2 Å². The summed E-state index contributed by atoms with van der Waals surface area (Å²) in [6.45, 7) is 3.90. The molecule has 0 saturated carbocycles. The summed E-state index contributed by atoms with van der Waals surface area (Å²) in [7, 11) is 3.96. The predicted octanol–water partition coefficient (Wildman–Crippen LogP) is 5.64. The summed E-state index contributed by atoms with van der Waals surface area (Å²) < 4.78 is 18.6. The summed E-state index contributed by atoms with van der Waals surface area (Å²) in [5.41, 5.74) is 6.73. The molecule has 1 saturated heterocycles. The van der Waals surface area contributed by atoms with Gasteiger partial charge in [0.15, 0.2) is 0 Å². The van der Waals surface area contributed by atoms with Gasteiger partial charge in [-0.05, 0) is 78.6 Å². The van der Waals surface area contributed by atoms with Crippen LogP contribution in [0.4, 0.5) is 5.82 Å². The first-order valence-corrected chi connectivity index (χ1v) is 17.3. The molecule has 5 aromatic rings. The van der Waals surface area contributed by atoms with Crippen molar-refractivity contribution in [2.45, 2.75) is 32.4 Å². The van der Waals surface area contributed by atoms with E-state index in [-0.39, 0.29) is 18.2 Å². The average Bonchev–Trinajstić information content (AvgIpc) is 3.67. The fraction of sp³-hybridized carbons (Fsp3) is 0.289. The molecular formula is C38H37N5O6S. The number of nitrogens with zero attached hydrogens (tertiary/aromatic N) is 4. The summed E-state index contributed by atoms with van der Waals surface area (Å²) in [5.74, 6) is 1.37. The Hall–Kier alpha value is -5.33. The fourth-order valence-electron chi connectivity index (χ4n) is 6.19. The minimum atomic E-state index is -0.641. The van der Waals surface area contributed by atoms with Gasteiger partial charge in [-0.2, -0.15) is 0 Å². The van der Waals surface area contributed by atoms with Crippen LogP contribution in [-0.2, 0) is 20.9 Å². The maximum atomic E-state index is 12.9. The number of ether oxygens (including phenoxy) is 3. The SMILES string of the molecule is Cc1cc(-c2ccc(N(C)C)nc2)ccc1-c1nc2ccc(OCCOCCOc3ccc4c(c3)CN(C3CCC(=O)NC3=O)C4=O)cc2s1. The van der Waals surface area contributed by atoms with Gasteiger partial charge in [-0.25, -0.2) is 9.97 Å². The number of aryl methyl sites for hydroxylation is 1. The van der Waals surface area contributed by atoms with E-state index in [1.807, 2.05) is 55.5 Å². The third-order valence-corrected chi connectivity index (χ3v) is 9.90. The number of imide groups is 1. The summed E-state index contributed by atoms with van der Waals surface area (Å²) >= 11 is 1.64. The smallest absolute Gasteiger partial charge is 0.255 e. The van der Waals surface area contributed by atoms with E-state index in [0.29, 0.717) is 50.7 Å². The monoisotopic (exact) mass is 691 g/mol. The topological polar surface area (TPSA) is 123 Å². The molecule has 256 valence electrons. The first-order valence-electron chi connectivity index (χ1n) is 16.5. The number of nitrogens with one attached hydrogen (secondary N) is 1. The van der Waals surface area contributed by atoms with Crippen LogP contribution < -0.4 is 19.7 Å². The highest BCUT2D eigenvalue weighted by atomic mass is 32.1. The predicted molar refractivity (Wildman–Crippen MR) is 192 cm³/mol. The molecule has 3 aromatic carbocycles. The number of anilines is 1. The number of carbonyl (C=O) groups excluding carboxylic acids is 3. The van der Waals surface area contributed by atoms with E-state index in [1.165, 1.54) is 4.90 Å². The molecule has 11 nitrogen and oxygen atoms in total. The molecule has 2 aromatic heterocycles. The molecule has 2 aliphatic heterocycles. The third-order valence-electron chi connectivity index (χ3n) is 8.84. The van der Waals surface area contributed by atoms with Crippen molar-refractivity contribution >= 4 is 45.1 Å². The highest BCUT2D eigenvalue weighted by Crippen LogP contribution is 2.36. The average molecular weight is 692 g/mol. The minimum absolute atomic E-state index is 0.208. The highest BCUT2D eigenvalue weighted by Gasteiger charge is 2.39. The maximum absolute atomic E-state index is 12.9. The van der Waals surface area contributed by atoms with Gasteiger partial charge in [-0.15, -0.1) is 11.3 Å². The molecule has 0 radical (unpaired) electrons. The number of pyridine rings is 1. The van der Waals surface area contributed by atoms with Crippen LogP contribution in [0, 0.1) is 6.92 Å². The Morgan fingerprint density at radius 3 is 2.34 bits per heavy atom. The lowest BCUT2D eigenvalue weighted by Gasteiger charge is -2.29. The molecule has 1 atom stereocenters. The second-order valence-corrected chi connectivity index (χ2v) is 13.5. The summed E-state index contributed by atoms with van der Waals surface area (Å²) in [4.78, 5) is 49.6. The van der Waals surface area contributed by atoms with Gasteiger partial charge in [0.05, 0.1) is 23.4 Å². The highest BCUT2D eigenvalue weighted by molar-refractivity contribution is 7.21. The Bertz CT molecular complexity index is 2080. The number of rotatable bonds is 12. The van der Waals surface area contributed by atoms with Crippen molar-refractivity contribution < 1.29 is 28.6 Å². The first kappa shape index (κ1) is 33.2. The largest absolute Gasteiger partial charge is 0.491 e. The molecule has 0 aliphatic carbocycles. The van der Waals surface area contributed by atoms with E-state index >= 15 is 0 Å². The molecule has 1 N–H and O–H groups in total. The van der Waals surface area contributed by atoms with E-state index in [1.54, 1.807) is 23.5 Å². The second-order valence-electron chi connectivity index (χ2n) is 12.5. The van der Waals surface area contributed by atoms with Gasteiger partial charge in [0.1, 0.15) is 41.6 Å². The van der Waals surface area contributed by atoms with Crippen LogP contribution in [0.15, 0.2) is 72.9 Å². The van der Waals surface area contributed by atoms with Crippen LogP contribution in [0.1, 0.15) is 34.3 Å². The van der Waals surface area contributed by atoms with E-state index in [2.05, 4.69) is 41.5 Å². The van der Waals surface area contributed by atoms with Crippen molar-refractivity contribution in [3.63, 3.8) is 0 Å². The number of amides is 3. The van der Waals surface area contributed by atoms with E-state index in [0.717, 1.165) is 54.6 Å². The Morgan fingerprint density at radius 1 is 0.880 bits per heavy atom. The molecule has 12 heteroatoms. The zero-order valence-corrected chi connectivity index (χ0v) is 28.9. The standard InChI is InChI=1S/C38H37N5O6S/c1-23-18-24(25-5-12-34(39-21-25)42(2)3)4-8-29(23)37-40-31-10-7-28(20-33(31)50-37)49-17-15-47-14-16-48-27-6-9-30-26(19-27)22-43(38(30)46)32-11-13-35(44)41-36(32)45/h4-10,12,18-21,32H,11,13-17,22H2,1-3H3,(H,41,44,45). The van der Waals surface area contributed by atoms with Crippen LogP contribution in [0.3, 0.4) is 0 Å². The van der Waals surface area contributed by atoms with Crippen molar-refractivity contribution in [2.75, 3.05) is 45.4 Å². The lowest BCUT2D eigenvalue weighted by Crippen LogP contribution is -2.52. The number of hydrogen-bond donors (Lipinski definition) is 1. The van der Waals surface area contributed by atoms with Gasteiger partial charge in [-0.3, -0.25) is 19.7 Å². The number of benzene rings is 3. The lowest BCUT2D eigenvalue weighted by molar-refractivity contribution is -0.136. The molecule has 2 aliphatic rings. The molecule has 7 rings (SSSR count). The van der Waals surface area contributed by atoms with Gasteiger partial charge in [0, 0.05) is 49.9 Å². The molecule has 0 spiro atoms. The minimum Gasteiger partial charge on any atom is -0.491 e. The molecule has 50 heavy (non-hydrogen) atoms. The quantitative estimate of drug-likeness (QED) is 0.131. The van der Waals surface area contributed by atoms with Crippen LogP contribution >= 0.6 is 11.3 Å². The second kappa shape index (κ2) is 14.3. The number of carbonyl (C=O) groups is 3. The van der Waals surface area contributed by atoms with Gasteiger partial charge < -0.3 is 24.0 Å². The molecule has 1 fully saturated rings. The normalized spacial score (nSPS) is 15.7. The van der Waals surface area contributed by atoms with Crippen molar-refractivity contribution in [3.05, 3.63) is 89.6 Å². The van der Waals surface area contributed by atoms with Crippen LogP contribution in [0.25, 0.3) is 31.9 Å². The number of aromatic nitrogens is 2. The van der Waals surface area contributed by atoms with Crippen molar-refractivity contribution in [3.8, 4) is 33.2 Å². The van der Waals surface area contributed by atoms with E-state index in [4.69, 9.17) is 19.2 Å². The van der Waals surface area contributed by atoms with Gasteiger partial charge in [0.2, 0.25) is 11.8 Å². The number of fused-ring (bicyclic) bond motifs is 2. The number of hydrogen-bond acceptors (Lipinski definition) is 10. The fourth-order valence-corrected chi connectivity index (χ4v) is 7.28. The van der Waals surface area contributed by atoms with Crippen molar-refractivity contribution in [1.82, 2.24) is 20.2 Å². The molecule has 4 heterocycles. The zero-order valence-electron chi connectivity index (χ0n) is 28.1. The van der Waals surface area contributed by atoms with Gasteiger partial charge in [0.25, 0.3) is 5.91 Å². The van der Waals surface area contributed by atoms with Crippen LogP contribution in [-0.4, -0.2) is 79.2 Å². The van der Waals surface area contributed by atoms with Gasteiger partial charge >= 0.3 is 0 Å². The summed E-state index contributed by atoms with van der Waals surface area (Å²) in [5, 5.41) is 3.29. The first-order chi connectivity index (χ1) is 24.2. The van der Waals surface area contributed by atoms with Crippen molar-refractivity contribution in [1.29, 1.82) is 0 Å². The van der Waals surface area contributed by atoms with Crippen LogP contribution in [0.2, 0.25) is 0 Å². The number of piperidine rings is 1. The molecule has 1 unspecified atom stereocenters. The molecule has 0 bridgehead atoms. The third kappa shape index (κ3) is 7.03. The molecule has 3 amide bonds. The summed E-state index contributed by atoms with van der Waals surface area (Å²) in [6, 6.07) is 21.1. The van der Waals surface area contributed by atoms with E-state index < -0.39 is 11.9 Å². The van der Waals surface area contributed by atoms with Crippen LogP contribution in [0.5, 0.6) is 11.5 Å². The Balaban J connectivity index is 0.867. The Kier molecular flexibility index (Phi) is 9.46. The summed E-state index contributed by atoms with van der Waals surface area (Å²) in [6.07, 6.45) is 2.46. The zero-order chi connectivity index (χ0) is 34.8. The Morgan fingerprint density at radius 2 is 1.62 bits per heavy atom. The maximum Gasteiger partial charge on any atom is 0.255 e. The van der Waals surface area contributed by atoms with E-state index in [9.17, 15) is 14.4 Å². The number of thiazole rings is 1. The van der Waals surface area contributed by atoms with Crippen molar-refractivity contribution in [2.24, 2.45) is 0 Å². The Labute approximate surface area is 293 Å².